The summed E-state index contributed by atoms with van der Waals surface area (Å²) in [6, 6.07) is 18.5. The summed E-state index contributed by atoms with van der Waals surface area (Å²) in [4.78, 5) is 27.9. The van der Waals surface area contributed by atoms with Crippen LogP contribution in [-0.4, -0.2) is 20.5 Å². The third-order valence-corrected chi connectivity index (χ3v) is 5.20. The molecular formula is C24H16F2N4O2. The number of H-pyrrole nitrogens is 1. The van der Waals surface area contributed by atoms with E-state index < -0.39 is 17.5 Å². The van der Waals surface area contributed by atoms with Crippen LogP contribution in [0.15, 0.2) is 77.7 Å². The number of fused-ring (bicyclic) bond motifs is 2. The molecule has 1 amide bonds. The molecule has 5 aromatic rings. The smallest absolute Gasteiger partial charge is 0.274 e. The van der Waals surface area contributed by atoms with Gasteiger partial charge in [-0.3, -0.25) is 9.59 Å². The highest BCUT2D eigenvalue weighted by Crippen LogP contribution is 2.22. The van der Waals surface area contributed by atoms with Gasteiger partial charge in [-0.15, -0.1) is 0 Å². The van der Waals surface area contributed by atoms with Gasteiger partial charge < -0.3 is 10.3 Å². The van der Waals surface area contributed by atoms with Crippen molar-refractivity contribution in [3.8, 4) is 11.3 Å². The third kappa shape index (κ3) is 3.62. The number of aromatic amines is 1. The lowest BCUT2D eigenvalue weighted by atomic mass is 10.1. The molecule has 8 heteroatoms. The van der Waals surface area contributed by atoms with Crippen molar-refractivity contribution in [1.29, 1.82) is 0 Å². The molecule has 0 saturated carbocycles. The monoisotopic (exact) mass is 430 g/mol. The number of nitrogens with zero attached hydrogens (tertiary/aromatic N) is 2. The molecule has 0 aliphatic heterocycles. The Morgan fingerprint density at radius 2 is 1.78 bits per heavy atom. The topological polar surface area (TPSA) is 79.3 Å². The fraction of sp³-hybridized carbons (Fsp3) is 0.0417. The Labute approximate surface area is 180 Å². The predicted molar refractivity (Wildman–Crippen MR) is 116 cm³/mol. The van der Waals surface area contributed by atoms with Crippen LogP contribution in [0.1, 0.15) is 16.1 Å². The van der Waals surface area contributed by atoms with Crippen molar-refractivity contribution in [2.24, 2.45) is 0 Å². The van der Waals surface area contributed by atoms with Gasteiger partial charge in [-0.05, 0) is 34.5 Å². The zero-order valence-corrected chi connectivity index (χ0v) is 16.6. The first-order valence-electron chi connectivity index (χ1n) is 9.82. The number of nitrogens with one attached hydrogen (secondary N) is 2. The van der Waals surface area contributed by atoms with Gasteiger partial charge in [0.1, 0.15) is 5.52 Å². The van der Waals surface area contributed by atoms with Crippen LogP contribution in [0.2, 0.25) is 0 Å². The minimum Gasteiger partial charge on any atom is -0.347 e. The molecule has 0 atom stereocenters. The van der Waals surface area contributed by atoms with Crippen molar-refractivity contribution in [3.05, 3.63) is 106 Å². The number of rotatable bonds is 4. The Hall–Kier alpha value is -4.33. The Balaban J connectivity index is 1.43. The van der Waals surface area contributed by atoms with E-state index in [-0.39, 0.29) is 23.3 Å². The van der Waals surface area contributed by atoms with Crippen molar-refractivity contribution >= 4 is 22.2 Å². The molecule has 0 fully saturated rings. The van der Waals surface area contributed by atoms with Gasteiger partial charge in [-0.1, -0.05) is 42.5 Å². The summed E-state index contributed by atoms with van der Waals surface area (Å²) < 4.78 is 27.7. The van der Waals surface area contributed by atoms with Gasteiger partial charge in [-0.2, -0.15) is 5.10 Å². The van der Waals surface area contributed by atoms with Gasteiger partial charge in [0.25, 0.3) is 11.5 Å². The number of aromatic nitrogens is 3. The quantitative estimate of drug-likeness (QED) is 0.452. The molecule has 0 aliphatic carbocycles. The minimum absolute atomic E-state index is 0.0113. The van der Waals surface area contributed by atoms with Gasteiger partial charge in [0.2, 0.25) is 0 Å². The van der Waals surface area contributed by atoms with Crippen LogP contribution in [0.3, 0.4) is 0 Å². The first kappa shape index (κ1) is 19.6. The maximum absolute atomic E-state index is 13.3. The molecule has 2 heterocycles. The number of halogens is 2. The summed E-state index contributed by atoms with van der Waals surface area (Å²) in [5.41, 5.74) is 1.63. The molecule has 0 spiro atoms. The van der Waals surface area contributed by atoms with E-state index in [0.29, 0.717) is 11.3 Å². The summed E-state index contributed by atoms with van der Waals surface area (Å²) >= 11 is 0. The van der Waals surface area contributed by atoms with E-state index in [9.17, 15) is 18.4 Å². The fourth-order valence-corrected chi connectivity index (χ4v) is 3.54. The van der Waals surface area contributed by atoms with Crippen molar-refractivity contribution in [2.75, 3.05) is 0 Å². The van der Waals surface area contributed by atoms with E-state index in [1.807, 2.05) is 42.5 Å². The second kappa shape index (κ2) is 7.73. The molecule has 0 unspecified atom stereocenters. The lowest BCUT2D eigenvalue weighted by Crippen LogP contribution is -2.23. The lowest BCUT2D eigenvalue weighted by Gasteiger charge is -2.05. The Morgan fingerprint density at radius 1 is 0.969 bits per heavy atom. The van der Waals surface area contributed by atoms with Gasteiger partial charge in [0.15, 0.2) is 17.3 Å². The van der Waals surface area contributed by atoms with Crippen LogP contribution >= 0.6 is 0 Å². The van der Waals surface area contributed by atoms with Crippen LogP contribution in [0, 0.1) is 11.6 Å². The molecule has 2 N–H and O–H groups in total. The Bertz CT molecular complexity index is 1560. The number of benzene rings is 3. The van der Waals surface area contributed by atoms with E-state index in [2.05, 4.69) is 15.4 Å². The first-order valence-corrected chi connectivity index (χ1v) is 9.82. The van der Waals surface area contributed by atoms with Crippen LogP contribution < -0.4 is 10.9 Å². The van der Waals surface area contributed by atoms with Gasteiger partial charge >= 0.3 is 0 Å². The van der Waals surface area contributed by atoms with E-state index in [0.717, 1.165) is 28.5 Å². The fourth-order valence-electron chi connectivity index (χ4n) is 3.54. The van der Waals surface area contributed by atoms with Crippen molar-refractivity contribution in [1.82, 2.24) is 19.9 Å². The molecule has 0 radical (unpaired) electrons. The highest BCUT2D eigenvalue weighted by Gasteiger charge is 2.14. The molecule has 0 aliphatic rings. The van der Waals surface area contributed by atoms with Crippen molar-refractivity contribution in [3.63, 3.8) is 0 Å². The zero-order chi connectivity index (χ0) is 22.2. The van der Waals surface area contributed by atoms with E-state index >= 15 is 0 Å². The number of hydrogen-bond acceptors (Lipinski definition) is 3. The summed E-state index contributed by atoms with van der Waals surface area (Å²) in [5.74, 6) is -2.48. The number of carbonyl (C=O) groups excluding carboxylic acids is 1. The van der Waals surface area contributed by atoms with Crippen LogP contribution in [0.4, 0.5) is 8.78 Å². The Morgan fingerprint density at radius 3 is 2.59 bits per heavy atom. The molecule has 32 heavy (non-hydrogen) atoms. The highest BCUT2D eigenvalue weighted by molar-refractivity contribution is 5.93. The summed E-state index contributed by atoms with van der Waals surface area (Å²) in [6.45, 7) is -0.0113. The standard InChI is InChI=1S/C24H16F2N4O2/c25-18-8-5-14(9-19(18)26)12-27-23(31)20-11-22-24(32)28-21(13-30(22)29-20)17-7-6-15-3-1-2-4-16(15)10-17/h1-11,13H,12H2,(H,27,31)(H,28,32). The number of carbonyl (C=O) groups is 1. The highest BCUT2D eigenvalue weighted by atomic mass is 19.2. The van der Waals surface area contributed by atoms with Crippen molar-refractivity contribution in [2.45, 2.75) is 6.54 Å². The molecule has 0 bridgehead atoms. The SMILES string of the molecule is O=C(NCc1ccc(F)c(F)c1)c1cc2c(=O)[nH]c(-c3ccc4ccccc4c3)cn2n1. The minimum atomic E-state index is -0.989. The van der Waals surface area contributed by atoms with Crippen molar-refractivity contribution < 1.29 is 13.6 Å². The molecule has 0 saturated heterocycles. The number of amides is 1. The molecule has 3 aromatic carbocycles. The molecular weight excluding hydrogens is 414 g/mol. The summed E-state index contributed by atoms with van der Waals surface area (Å²) in [7, 11) is 0. The molecule has 6 nitrogen and oxygen atoms in total. The predicted octanol–water partition coefficient (Wildman–Crippen LogP) is 4.05. The van der Waals surface area contributed by atoms with Gasteiger partial charge in [0.05, 0.1) is 11.9 Å². The third-order valence-electron chi connectivity index (χ3n) is 5.20. The largest absolute Gasteiger partial charge is 0.347 e. The first-order chi connectivity index (χ1) is 15.5. The van der Waals surface area contributed by atoms with E-state index in [1.165, 1.54) is 16.6 Å². The summed E-state index contributed by atoms with van der Waals surface area (Å²) in [6.07, 6.45) is 1.65. The average Bonchev–Trinajstić information content (AvgIpc) is 3.24. The normalized spacial score (nSPS) is 11.2. The van der Waals surface area contributed by atoms with E-state index in [4.69, 9.17) is 0 Å². The van der Waals surface area contributed by atoms with Crippen LogP contribution in [0.5, 0.6) is 0 Å². The van der Waals surface area contributed by atoms with Gasteiger partial charge in [-0.25, -0.2) is 13.3 Å². The molecule has 5 rings (SSSR count). The van der Waals surface area contributed by atoms with Gasteiger partial charge in [0, 0.05) is 18.2 Å². The maximum Gasteiger partial charge on any atom is 0.274 e. The molecule has 158 valence electrons. The molecule has 2 aromatic heterocycles. The maximum atomic E-state index is 13.3. The second-order valence-electron chi connectivity index (χ2n) is 7.35. The van der Waals surface area contributed by atoms with E-state index in [1.54, 1.807) is 6.20 Å². The second-order valence-corrected chi connectivity index (χ2v) is 7.35. The zero-order valence-electron chi connectivity index (χ0n) is 16.6. The Kier molecular flexibility index (Phi) is 4.74. The van der Waals surface area contributed by atoms with Crippen LogP contribution in [-0.2, 0) is 6.54 Å². The van der Waals surface area contributed by atoms with Crippen LogP contribution in [0.25, 0.3) is 27.5 Å². The summed E-state index contributed by atoms with van der Waals surface area (Å²) in [5, 5.41) is 8.92. The average molecular weight is 430 g/mol. The number of hydrogen-bond donors (Lipinski definition) is 2. The lowest BCUT2D eigenvalue weighted by molar-refractivity contribution is 0.0945.